The van der Waals surface area contributed by atoms with E-state index in [-0.39, 0.29) is 0 Å². The summed E-state index contributed by atoms with van der Waals surface area (Å²) in [4.78, 5) is 4.63. The van der Waals surface area contributed by atoms with Gasteiger partial charge in [0.25, 0.3) is 0 Å². The highest BCUT2D eigenvalue weighted by Crippen LogP contribution is 2.24. The van der Waals surface area contributed by atoms with Gasteiger partial charge in [-0.1, -0.05) is 26.2 Å². The number of hydrogen-bond donors (Lipinski definition) is 1. The molecule has 2 rings (SSSR count). The molecule has 0 aromatic carbocycles. The third-order valence-electron chi connectivity index (χ3n) is 3.34. The van der Waals surface area contributed by atoms with Crippen molar-refractivity contribution >= 4 is 27.4 Å². The van der Waals surface area contributed by atoms with Gasteiger partial charge in [0.15, 0.2) is 0 Å². The highest BCUT2D eigenvalue weighted by molar-refractivity contribution is 9.10. The molecule has 0 radical (unpaired) electrons. The molecule has 98 valence electrons. The van der Waals surface area contributed by atoms with Crippen molar-refractivity contribution in [2.75, 3.05) is 5.73 Å². The molecule has 4 heteroatoms. The summed E-state index contributed by atoms with van der Waals surface area (Å²) < 4.78 is 3.09. The zero-order valence-electron chi connectivity index (χ0n) is 11.0. The molecule has 0 saturated heterocycles. The Hall–Kier alpha value is -1.03. The summed E-state index contributed by atoms with van der Waals surface area (Å²) in [6.45, 7) is 4.27. The fraction of sp³-hybridized carbons (Fsp3) is 0.500. The molecule has 2 aromatic heterocycles. The first-order valence-corrected chi connectivity index (χ1v) is 7.36. The molecule has 2 aromatic rings. The predicted molar refractivity (Wildman–Crippen MR) is 79.9 cm³/mol. The predicted octanol–water partition coefficient (Wildman–Crippen LogP) is 4.11. The van der Waals surface area contributed by atoms with Gasteiger partial charge in [-0.05, 0) is 47.8 Å². The van der Waals surface area contributed by atoms with E-state index in [1.807, 2.05) is 16.5 Å². The number of aryl methyl sites for hydroxylation is 2. The minimum Gasteiger partial charge on any atom is -0.383 e. The van der Waals surface area contributed by atoms with Crippen LogP contribution in [0, 0.1) is 6.92 Å². The van der Waals surface area contributed by atoms with E-state index < -0.39 is 0 Å². The number of anilines is 1. The van der Waals surface area contributed by atoms with Crippen molar-refractivity contribution in [3.63, 3.8) is 0 Å². The number of fused-ring (bicyclic) bond motifs is 1. The van der Waals surface area contributed by atoms with Crippen molar-refractivity contribution in [2.24, 2.45) is 0 Å². The van der Waals surface area contributed by atoms with Gasteiger partial charge in [-0.15, -0.1) is 0 Å². The smallest absolute Gasteiger partial charge is 0.138 e. The molecule has 0 saturated carbocycles. The first-order chi connectivity index (χ1) is 8.65. The molecule has 0 bridgehead atoms. The number of rotatable bonds is 5. The average Bonchev–Trinajstić information content (AvgIpc) is 2.67. The summed E-state index contributed by atoms with van der Waals surface area (Å²) >= 11 is 3.53. The Labute approximate surface area is 117 Å². The van der Waals surface area contributed by atoms with Crippen molar-refractivity contribution in [3.05, 3.63) is 28.0 Å². The standard InChI is InChI=1S/C14H20BrN3/c1-3-4-5-6-7-12-14(16)18-10(2)11(15)8-9-13(18)17-12/h8-9H,3-7,16H2,1-2H3. The van der Waals surface area contributed by atoms with Crippen LogP contribution in [-0.4, -0.2) is 9.38 Å². The minimum absolute atomic E-state index is 0.792. The van der Waals surface area contributed by atoms with Crippen molar-refractivity contribution < 1.29 is 0 Å². The van der Waals surface area contributed by atoms with Crippen LogP contribution in [0.15, 0.2) is 16.6 Å². The zero-order chi connectivity index (χ0) is 13.1. The quantitative estimate of drug-likeness (QED) is 0.845. The lowest BCUT2D eigenvalue weighted by Gasteiger charge is -2.04. The summed E-state index contributed by atoms with van der Waals surface area (Å²) in [6, 6.07) is 4.03. The van der Waals surface area contributed by atoms with Crippen LogP contribution in [0.2, 0.25) is 0 Å². The number of imidazole rings is 1. The first kappa shape index (κ1) is 13.4. The van der Waals surface area contributed by atoms with Crippen LogP contribution in [0.4, 0.5) is 5.82 Å². The normalized spacial score (nSPS) is 11.3. The van der Waals surface area contributed by atoms with Crippen LogP contribution < -0.4 is 5.73 Å². The van der Waals surface area contributed by atoms with Crippen LogP contribution in [0.25, 0.3) is 5.65 Å². The largest absolute Gasteiger partial charge is 0.383 e. The van der Waals surface area contributed by atoms with Gasteiger partial charge in [-0.25, -0.2) is 4.98 Å². The van der Waals surface area contributed by atoms with Crippen molar-refractivity contribution in [3.8, 4) is 0 Å². The molecule has 0 spiro atoms. The molecular formula is C14H20BrN3. The molecule has 18 heavy (non-hydrogen) atoms. The van der Waals surface area contributed by atoms with E-state index in [1.54, 1.807) is 0 Å². The van der Waals surface area contributed by atoms with Crippen LogP contribution >= 0.6 is 15.9 Å². The van der Waals surface area contributed by atoms with Crippen LogP contribution in [0.3, 0.4) is 0 Å². The highest BCUT2D eigenvalue weighted by atomic mass is 79.9. The Kier molecular flexibility index (Phi) is 4.27. The van der Waals surface area contributed by atoms with E-state index in [0.29, 0.717) is 0 Å². The maximum Gasteiger partial charge on any atom is 0.138 e. The molecular weight excluding hydrogens is 290 g/mol. The number of nitrogens with zero attached hydrogens (tertiary/aromatic N) is 2. The second-order valence-electron chi connectivity index (χ2n) is 4.71. The Balaban J connectivity index is 2.25. The maximum absolute atomic E-state index is 6.20. The average molecular weight is 310 g/mol. The first-order valence-electron chi connectivity index (χ1n) is 6.57. The lowest BCUT2D eigenvalue weighted by atomic mass is 10.1. The SMILES string of the molecule is CCCCCCc1nc2ccc(Br)c(C)n2c1N. The number of pyridine rings is 1. The number of unbranched alkanes of at least 4 members (excludes halogenated alkanes) is 3. The molecule has 3 nitrogen and oxygen atoms in total. The fourth-order valence-electron chi connectivity index (χ4n) is 2.24. The van der Waals surface area contributed by atoms with Gasteiger partial charge in [-0.3, -0.25) is 4.40 Å². The molecule has 2 heterocycles. The Morgan fingerprint density at radius 2 is 2.06 bits per heavy atom. The zero-order valence-corrected chi connectivity index (χ0v) is 12.6. The van der Waals surface area contributed by atoms with Crippen LogP contribution in [-0.2, 0) is 6.42 Å². The van der Waals surface area contributed by atoms with Crippen molar-refractivity contribution in [2.45, 2.75) is 46.0 Å². The fourth-order valence-corrected chi connectivity index (χ4v) is 2.55. The minimum atomic E-state index is 0.792. The van der Waals surface area contributed by atoms with E-state index in [0.717, 1.165) is 33.7 Å². The van der Waals surface area contributed by atoms with Crippen LogP contribution in [0.1, 0.15) is 44.0 Å². The van der Waals surface area contributed by atoms with Gasteiger partial charge >= 0.3 is 0 Å². The van der Waals surface area contributed by atoms with E-state index in [2.05, 4.69) is 34.8 Å². The summed E-state index contributed by atoms with van der Waals surface area (Å²) in [7, 11) is 0. The van der Waals surface area contributed by atoms with Gasteiger partial charge in [0, 0.05) is 10.2 Å². The van der Waals surface area contributed by atoms with Crippen molar-refractivity contribution in [1.82, 2.24) is 9.38 Å². The van der Waals surface area contributed by atoms with Crippen molar-refractivity contribution in [1.29, 1.82) is 0 Å². The van der Waals surface area contributed by atoms with E-state index >= 15 is 0 Å². The van der Waals surface area contributed by atoms with E-state index in [4.69, 9.17) is 5.73 Å². The Bertz CT molecular complexity index is 545. The number of aromatic nitrogens is 2. The molecule has 0 aliphatic rings. The van der Waals surface area contributed by atoms with Gasteiger partial charge in [0.05, 0.1) is 5.69 Å². The van der Waals surface area contributed by atoms with E-state index in [1.165, 1.54) is 25.7 Å². The second-order valence-corrected chi connectivity index (χ2v) is 5.57. The monoisotopic (exact) mass is 309 g/mol. The third kappa shape index (κ3) is 2.53. The number of halogens is 1. The number of nitrogens with two attached hydrogens (primary N) is 1. The molecule has 0 amide bonds. The summed E-state index contributed by atoms with van der Waals surface area (Å²) in [5, 5.41) is 0. The molecule has 2 N–H and O–H groups in total. The van der Waals surface area contributed by atoms with Gasteiger partial charge in [0.2, 0.25) is 0 Å². The number of hydrogen-bond acceptors (Lipinski definition) is 2. The lowest BCUT2D eigenvalue weighted by Crippen LogP contribution is -2.00. The van der Waals surface area contributed by atoms with Gasteiger partial charge < -0.3 is 5.73 Å². The Morgan fingerprint density at radius 1 is 1.28 bits per heavy atom. The molecule has 0 aliphatic carbocycles. The summed E-state index contributed by atoms with van der Waals surface area (Å²) in [6.07, 6.45) is 5.95. The topological polar surface area (TPSA) is 43.3 Å². The molecule has 0 unspecified atom stereocenters. The summed E-state index contributed by atoms with van der Waals surface area (Å²) in [5.74, 6) is 0.792. The second kappa shape index (κ2) is 5.74. The lowest BCUT2D eigenvalue weighted by molar-refractivity contribution is 0.663. The molecule has 0 aliphatic heterocycles. The van der Waals surface area contributed by atoms with E-state index in [9.17, 15) is 0 Å². The maximum atomic E-state index is 6.20. The third-order valence-corrected chi connectivity index (χ3v) is 4.18. The van der Waals surface area contributed by atoms with Gasteiger partial charge in [0.1, 0.15) is 11.5 Å². The van der Waals surface area contributed by atoms with Crippen LogP contribution in [0.5, 0.6) is 0 Å². The molecule has 0 atom stereocenters. The molecule has 0 fully saturated rings. The van der Waals surface area contributed by atoms with Gasteiger partial charge in [-0.2, -0.15) is 0 Å². The number of nitrogen functional groups attached to an aromatic ring is 1. The highest BCUT2D eigenvalue weighted by Gasteiger charge is 2.11. The summed E-state index contributed by atoms with van der Waals surface area (Å²) in [5.41, 5.74) is 9.29. The Morgan fingerprint density at radius 3 is 2.78 bits per heavy atom.